The standard InChI is InChI=1S/C13H23NO/c1-4-12(9-14)13(15)7-5-6-11(8-13)10(2)3/h10-12,15H,4-8H2,1-3H3. The highest BCUT2D eigenvalue weighted by atomic mass is 16.3. The maximum atomic E-state index is 10.5. The minimum absolute atomic E-state index is 0.181. The van der Waals surface area contributed by atoms with Crippen LogP contribution in [-0.4, -0.2) is 10.7 Å². The first kappa shape index (κ1) is 12.5. The van der Waals surface area contributed by atoms with Crippen LogP contribution in [0, 0.1) is 29.1 Å². The second kappa shape index (κ2) is 4.99. The van der Waals surface area contributed by atoms with E-state index in [-0.39, 0.29) is 5.92 Å². The van der Waals surface area contributed by atoms with Gasteiger partial charge < -0.3 is 5.11 Å². The Labute approximate surface area is 93.3 Å². The Kier molecular flexibility index (Phi) is 4.16. The van der Waals surface area contributed by atoms with E-state index < -0.39 is 5.60 Å². The van der Waals surface area contributed by atoms with Crippen LogP contribution in [0.5, 0.6) is 0 Å². The summed E-state index contributed by atoms with van der Waals surface area (Å²) in [5, 5.41) is 19.6. The fraction of sp³-hybridized carbons (Fsp3) is 0.923. The molecule has 3 atom stereocenters. The van der Waals surface area contributed by atoms with Crippen LogP contribution >= 0.6 is 0 Å². The van der Waals surface area contributed by atoms with Gasteiger partial charge in [-0.15, -0.1) is 0 Å². The molecule has 0 radical (unpaired) electrons. The first-order valence-electron chi connectivity index (χ1n) is 6.15. The van der Waals surface area contributed by atoms with E-state index in [1.54, 1.807) is 0 Å². The van der Waals surface area contributed by atoms with Crippen LogP contribution in [-0.2, 0) is 0 Å². The lowest BCUT2D eigenvalue weighted by molar-refractivity contribution is -0.0557. The van der Waals surface area contributed by atoms with Crippen LogP contribution in [0.4, 0.5) is 0 Å². The zero-order chi connectivity index (χ0) is 11.5. The largest absolute Gasteiger partial charge is 0.389 e. The molecule has 0 heterocycles. The molecule has 0 aromatic rings. The summed E-state index contributed by atoms with van der Waals surface area (Å²) in [5.74, 6) is 1.03. The second-order valence-electron chi connectivity index (χ2n) is 5.29. The van der Waals surface area contributed by atoms with Gasteiger partial charge in [-0.2, -0.15) is 5.26 Å². The molecular formula is C13H23NO. The highest BCUT2D eigenvalue weighted by molar-refractivity contribution is 5.01. The van der Waals surface area contributed by atoms with E-state index in [4.69, 9.17) is 5.26 Å². The lowest BCUT2D eigenvalue weighted by atomic mass is 9.68. The van der Waals surface area contributed by atoms with Crippen LogP contribution < -0.4 is 0 Å². The van der Waals surface area contributed by atoms with Gasteiger partial charge in [0.05, 0.1) is 17.6 Å². The minimum Gasteiger partial charge on any atom is -0.389 e. The highest BCUT2D eigenvalue weighted by Crippen LogP contribution is 2.41. The zero-order valence-electron chi connectivity index (χ0n) is 10.2. The molecule has 1 saturated carbocycles. The first-order chi connectivity index (χ1) is 7.03. The number of nitrogens with zero attached hydrogens (tertiary/aromatic N) is 1. The topological polar surface area (TPSA) is 44.0 Å². The van der Waals surface area contributed by atoms with Crippen molar-refractivity contribution in [3.05, 3.63) is 0 Å². The Bertz CT molecular complexity index is 243. The summed E-state index contributed by atoms with van der Waals surface area (Å²) in [6, 6.07) is 2.27. The van der Waals surface area contributed by atoms with Crippen LogP contribution in [0.1, 0.15) is 52.9 Å². The average Bonchev–Trinajstić information content (AvgIpc) is 2.19. The lowest BCUT2D eigenvalue weighted by Crippen LogP contribution is -2.42. The molecule has 2 heteroatoms. The summed E-state index contributed by atoms with van der Waals surface area (Å²) >= 11 is 0. The molecule has 1 aliphatic rings. The first-order valence-corrected chi connectivity index (χ1v) is 6.15. The molecular weight excluding hydrogens is 186 g/mol. The van der Waals surface area contributed by atoms with Crippen molar-refractivity contribution < 1.29 is 5.11 Å². The summed E-state index contributed by atoms with van der Waals surface area (Å²) in [5.41, 5.74) is -0.712. The number of rotatable bonds is 3. The van der Waals surface area contributed by atoms with Crippen molar-refractivity contribution in [1.29, 1.82) is 5.26 Å². The molecule has 0 spiro atoms. The quantitative estimate of drug-likeness (QED) is 0.776. The van der Waals surface area contributed by atoms with Gasteiger partial charge in [0, 0.05) is 0 Å². The molecule has 3 unspecified atom stereocenters. The molecule has 86 valence electrons. The van der Waals surface area contributed by atoms with Crippen molar-refractivity contribution in [2.75, 3.05) is 0 Å². The molecule has 15 heavy (non-hydrogen) atoms. The van der Waals surface area contributed by atoms with E-state index in [0.29, 0.717) is 11.8 Å². The molecule has 0 aliphatic heterocycles. The van der Waals surface area contributed by atoms with Crippen molar-refractivity contribution in [3.8, 4) is 6.07 Å². The highest BCUT2D eigenvalue weighted by Gasteiger charge is 2.41. The zero-order valence-corrected chi connectivity index (χ0v) is 10.2. The number of hydrogen-bond donors (Lipinski definition) is 1. The van der Waals surface area contributed by atoms with E-state index in [0.717, 1.165) is 25.7 Å². The Balaban J connectivity index is 2.72. The Morgan fingerprint density at radius 2 is 2.20 bits per heavy atom. The monoisotopic (exact) mass is 209 g/mol. The van der Waals surface area contributed by atoms with Gasteiger partial charge in [0.25, 0.3) is 0 Å². The third-order valence-electron chi connectivity index (χ3n) is 3.96. The molecule has 2 nitrogen and oxygen atoms in total. The molecule has 1 fully saturated rings. The summed E-state index contributed by atoms with van der Waals surface area (Å²) in [6.45, 7) is 6.41. The van der Waals surface area contributed by atoms with Crippen LogP contribution in [0.25, 0.3) is 0 Å². The van der Waals surface area contributed by atoms with Gasteiger partial charge in [-0.1, -0.05) is 27.2 Å². The second-order valence-corrected chi connectivity index (χ2v) is 5.29. The Morgan fingerprint density at radius 3 is 2.67 bits per heavy atom. The van der Waals surface area contributed by atoms with Gasteiger partial charge in [-0.3, -0.25) is 0 Å². The van der Waals surface area contributed by atoms with Gasteiger partial charge in [0.2, 0.25) is 0 Å². The molecule has 0 bridgehead atoms. The fourth-order valence-electron chi connectivity index (χ4n) is 2.81. The van der Waals surface area contributed by atoms with Gasteiger partial charge in [0.15, 0.2) is 0 Å². The van der Waals surface area contributed by atoms with Crippen molar-refractivity contribution in [3.63, 3.8) is 0 Å². The Hall–Kier alpha value is -0.550. The maximum Gasteiger partial charge on any atom is 0.0807 e. The number of aliphatic hydroxyl groups is 1. The van der Waals surface area contributed by atoms with Crippen molar-refractivity contribution in [2.45, 2.75) is 58.5 Å². The lowest BCUT2D eigenvalue weighted by Gasteiger charge is -2.41. The number of hydrogen-bond acceptors (Lipinski definition) is 2. The SMILES string of the molecule is CCC(C#N)C1(O)CCCC(C(C)C)C1. The van der Waals surface area contributed by atoms with E-state index in [2.05, 4.69) is 19.9 Å². The van der Waals surface area contributed by atoms with Crippen molar-refractivity contribution in [1.82, 2.24) is 0 Å². The summed E-state index contributed by atoms with van der Waals surface area (Å²) < 4.78 is 0. The van der Waals surface area contributed by atoms with Gasteiger partial charge in [-0.25, -0.2) is 0 Å². The van der Waals surface area contributed by atoms with E-state index >= 15 is 0 Å². The molecule has 0 aromatic heterocycles. The molecule has 1 aliphatic carbocycles. The van der Waals surface area contributed by atoms with Gasteiger partial charge in [-0.05, 0) is 37.5 Å². The normalized spacial score (nSPS) is 33.7. The third kappa shape index (κ3) is 2.72. The maximum absolute atomic E-state index is 10.5. The summed E-state index contributed by atoms with van der Waals surface area (Å²) in [7, 11) is 0. The predicted octanol–water partition coefficient (Wildman–Crippen LogP) is 3.11. The van der Waals surface area contributed by atoms with E-state index in [9.17, 15) is 5.11 Å². The predicted molar refractivity (Wildman–Crippen MR) is 61.1 cm³/mol. The fourth-order valence-corrected chi connectivity index (χ4v) is 2.81. The smallest absolute Gasteiger partial charge is 0.0807 e. The molecule has 0 amide bonds. The van der Waals surface area contributed by atoms with Crippen LogP contribution in [0.2, 0.25) is 0 Å². The van der Waals surface area contributed by atoms with Crippen LogP contribution in [0.3, 0.4) is 0 Å². The molecule has 0 saturated heterocycles. The number of nitriles is 1. The van der Waals surface area contributed by atoms with Gasteiger partial charge in [0.1, 0.15) is 0 Å². The third-order valence-corrected chi connectivity index (χ3v) is 3.96. The minimum atomic E-state index is -0.712. The average molecular weight is 209 g/mol. The van der Waals surface area contributed by atoms with Crippen molar-refractivity contribution >= 4 is 0 Å². The summed E-state index contributed by atoms with van der Waals surface area (Å²) in [6.07, 6.45) is 4.66. The van der Waals surface area contributed by atoms with Gasteiger partial charge >= 0.3 is 0 Å². The molecule has 1 N–H and O–H groups in total. The van der Waals surface area contributed by atoms with E-state index in [1.807, 2.05) is 6.92 Å². The van der Waals surface area contributed by atoms with Crippen LogP contribution in [0.15, 0.2) is 0 Å². The van der Waals surface area contributed by atoms with E-state index in [1.165, 1.54) is 6.42 Å². The summed E-state index contributed by atoms with van der Waals surface area (Å²) in [4.78, 5) is 0. The Morgan fingerprint density at radius 1 is 1.53 bits per heavy atom. The molecule has 0 aromatic carbocycles. The van der Waals surface area contributed by atoms with Crippen molar-refractivity contribution in [2.24, 2.45) is 17.8 Å². The molecule has 1 rings (SSSR count).